The predicted molar refractivity (Wildman–Crippen MR) is 103 cm³/mol. The van der Waals surface area contributed by atoms with E-state index >= 15 is 0 Å². The van der Waals surface area contributed by atoms with Crippen molar-refractivity contribution in [3.8, 4) is 0 Å². The van der Waals surface area contributed by atoms with E-state index in [0.29, 0.717) is 0 Å². The van der Waals surface area contributed by atoms with Gasteiger partial charge in [-0.3, -0.25) is 9.59 Å². The van der Waals surface area contributed by atoms with E-state index in [-0.39, 0.29) is 17.1 Å². The highest BCUT2D eigenvalue weighted by molar-refractivity contribution is 8.13. The largest absolute Gasteiger partial charge is 0.339 e. The molecule has 4 nitrogen and oxygen atoms in total. The minimum absolute atomic E-state index is 0.00934. The fourth-order valence-corrected chi connectivity index (χ4v) is 3.04. The van der Waals surface area contributed by atoms with Gasteiger partial charge < -0.3 is 10.2 Å². The number of hydrogen-bond donors (Lipinski definition) is 1. The van der Waals surface area contributed by atoms with Crippen LogP contribution in [0.3, 0.4) is 0 Å². The Balaban J connectivity index is 2.51. The normalized spacial score (nSPS) is 11.8. The zero-order chi connectivity index (χ0) is 17.9. The molecular weight excluding hydrogens is 320 g/mol. The lowest BCUT2D eigenvalue weighted by Gasteiger charge is -2.15. The van der Waals surface area contributed by atoms with E-state index in [0.717, 1.165) is 29.8 Å². The van der Waals surface area contributed by atoms with Crippen LogP contribution in [0.4, 0.5) is 10.5 Å². The molecule has 1 atom stereocenters. The number of nitrogens with zero attached hydrogens (tertiary/aromatic N) is 1. The molecule has 0 aliphatic rings. The topological polar surface area (TPSA) is 49.4 Å². The van der Waals surface area contributed by atoms with Gasteiger partial charge in [-0.2, -0.15) is 0 Å². The molecule has 1 rings (SSSR count). The summed E-state index contributed by atoms with van der Waals surface area (Å²) in [6, 6.07) is 7.44. The van der Waals surface area contributed by atoms with Crippen LogP contribution < -0.4 is 5.32 Å². The highest BCUT2D eigenvalue weighted by atomic mass is 32.2. The lowest BCUT2D eigenvalue weighted by molar-refractivity contribution is -0.120. The van der Waals surface area contributed by atoms with Crippen LogP contribution in [-0.2, 0) is 4.79 Å². The standard InChI is InChI=1S/C19H30N2O2S/c1-5-7-8-9-10-15(6-2)18(22)20-16-11-13-17(14-12-16)24-19(23)21(3)4/h11-15H,5-10H2,1-4H3,(H,20,22). The second-order valence-electron chi connectivity index (χ2n) is 6.23. The van der Waals surface area contributed by atoms with Crippen molar-refractivity contribution in [1.29, 1.82) is 0 Å². The molecule has 1 N–H and O–H groups in total. The maximum atomic E-state index is 12.4. The fraction of sp³-hybridized carbons (Fsp3) is 0.579. The Hall–Kier alpha value is -1.49. The van der Waals surface area contributed by atoms with E-state index in [2.05, 4.69) is 19.2 Å². The van der Waals surface area contributed by atoms with Crippen LogP contribution in [0.25, 0.3) is 0 Å². The zero-order valence-electron chi connectivity index (χ0n) is 15.3. The van der Waals surface area contributed by atoms with Crippen molar-refractivity contribution >= 4 is 28.6 Å². The molecule has 0 fully saturated rings. The number of benzene rings is 1. The van der Waals surface area contributed by atoms with E-state index in [4.69, 9.17) is 0 Å². The summed E-state index contributed by atoms with van der Waals surface area (Å²) in [5, 5.41) is 2.98. The Labute approximate surface area is 150 Å². The highest BCUT2D eigenvalue weighted by Gasteiger charge is 2.16. The average Bonchev–Trinajstić information content (AvgIpc) is 2.56. The van der Waals surface area contributed by atoms with Crippen molar-refractivity contribution < 1.29 is 9.59 Å². The van der Waals surface area contributed by atoms with Gasteiger partial charge in [0, 0.05) is 30.6 Å². The van der Waals surface area contributed by atoms with Crippen molar-refractivity contribution in [3.05, 3.63) is 24.3 Å². The second kappa shape index (κ2) is 11.1. The molecule has 1 unspecified atom stereocenters. The van der Waals surface area contributed by atoms with Gasteiger partial charge >= 0.3 is 0 Å². The first kappa shape index (κ1) is 20.6. The van der Waals surface area contributed by atoms with Gasteiger partial charge in [0.2, 0.25) is 5.91 Å². The van der Waals surface area contributed by atoms with Gasteiger partial charge in [0.1, 0.15) is 0 Å². The number of carbonyl (C=O) groups excluding carboxylic acids is 2. The van der Waals surface area contributed by atoms with Crippen LogP contribution in [0.1, 0.15) is 52.4 Å². The van der Waals surface area contributed by atoms with Gasteiger partial charge in [-0.25, -0.2) is 0 Å². The molecule has 1 aromatic carbocycles. The summed E-state index contributed by atoms with van der Waals surface area (Å²) in [6.07, 6.45) is 6.58. The number of unbranched alkanes of at least 4 members (excludes halogenated alkanes) is 3. The molecule has 134 valence electrons. The maximum Gasteiger partial charge on any atom is 0.285 e. The number of anilines is 1. The minimum Gasteiger partial charge on any atom is -0.339 e. The molecule has 0 saturated heterocycles. The second-order valence-corrected chi connectivity index (χ2v) is 7.26. The third-order valence-corrected chi connectivity index (χ3v) is 5.01. The molecule has 2 amide bonds. The lowest BCUT2D eigenvalue weighted by Crippen LogP contribution is -2.22. The highest BCUT2D eigenvalue weighted by Crippen LogP contribution is 2.23. The van der Waals surface area contributed by atoms with E-state index in [1.807, 2.05) is 24.3 Å². The molecule has 0 heterocycles. The summed E-state index contributed by atoms with van der Waals surface area (Å²) >= 11 is 1.18. The van der Waals surface area contributed by atoms with Crippen molar-refractivity contribution in [2.45, 2.75) is 57.3 Å². The first-order valence-electron chi connectivity index (χ1n) is 8.78. The number of carbonyl (C=O) groups is 2. The molecule has 0 radical (unpaired) electrons. The van der Waals surface area contributed by atoms with Crippen LogP contribution in [-0.4, -0.2) is 30.1 Å². The number of amides is 2. The first-order chi connectivity index (χ1) is 11.5. The summed E-state index contributed by atoms with van der Waals surface area (Å²) in [5.41, 5.74) is 0.786. The Morgan fingerprint density at radius 1 is 1.08 bits per heavy atom. The Kier molecular flexibility index (Phi) is 9.53. The third-order valence-electron chi connectivity index (χ3n) is 3.96. The molecule has 1 aromatic rings. The molecule has 0 aliphatic heterocycles. The Morgan fingerprint density at radius 2 is 1.75 bits per heavy atom. The van der Waals surface area contributed by atoms with Crippen LogP contribution >= 0.6 is 11.8 Å². The van der Waals surface area contributed by atoms with Crippen molar-refractivity contribution in [2.24, 2.45) is 5.92 Å². The first-order valence-corrected chi connectivity index (χ1v) is 9.59. The minimum atomic E-state index is -0.00934. The Bertz CT molecular complexity index is 515. The fourth-order valence-electron chi connectivity index (χ4n) is 2.38. The average molecular weight is 351 g/mol. The van der Waals surface area contributed by atoms with Crippen LogP contribution in [0.5, 0.6) is 0 Å². The zero-order valence-corrected chi connectivity index (χ0v) is 16.1. The van der Waals surface area contributed by atoms with Crippen LogP contribution in [0, 0.1) is 5.92 Å². The SMILES string of the molecule is CCCCCCC(CC)C(=O)Nc1ccc(SC(=O)N(C)C)cc1. The van der Waals surface area contributed by atoms with Crippen molar-refractivity contribution in [2.75, 3.05) is 19.4 Å². The maximum absolute atomic E-state index is 12.4. The van der Waals surface area contributed by atoms with Gasteiger partial charge in [-0.15, -0.1) is 0 Å². The van der Waals surface area contributed by atoms with Crippen LogP contribution in [0.15, 0.2) is 29.2 Å². The van der Waals surface area contributed by atoms with E-state index in [1.165, 1.54) is 31.0 Å². The Morgan fingerprint density at radius 3 is 2.29 bits per heavy atom. The predicted octanol–water partition coefficient (Wildman–Crippen LogP) is 5.40. The smallest absolute Gasteiger partial charge is 0.285 e. The van der Waals surface area contributed by atoms with Crippen molar-refractivity contribution in [3.63, 3.8) is 0 Å². The van der Waals surface area contributed by atoms with Gasteiger partial charge in [-0.1, -0.05) is 39.5 Å². The van der Waals surface area contributed by atoms with E-state index in [9.17, 15) is 9.59 Å². The molecule has 0 aliphatic carbocycles. The summed E-state index contributed by atoms with van der Waals surface area (Å²) in [7, 11) is 3.46. The summed E-state index contributed by atoms with van der Waals surface area (Å²) in [4.78, 5) is 26.5. The number of thioether (sulfide) groups is 1. The van der Waals surface area contributed by atoms with Gasteiger partial charge in [0.05, 0.1) is 0 Å². The number of rotatable bonds is 9. The number of nitrogens with one attached hydrogen (secondary N) is 1. The number of hydrogen-bond acceptors (Lipinski definition) is 3. The van der Waals surface area contributed by atoms with Gasteiger partial charge in [-0.05, 0) is 48.9 Å². The van der Waals surface area contributed by atoms with E-state index in [1.54, 1.807) is 19.0 Å². The third kappa shape index (κ3) is 7.39. The summed E-state index contributed by atoms with van der Waals surface area (Å²) in [6.45, 7) is 4.26. The van der Waals surface area contributed by atoms with Crippen molar-refractivity contribution in [1.82, 2.24) is 4.90 Å². The molecule has 0 saturated carbocycles. The van der Waals surface area contributed by atoms with Gasteiger partial charge in [0.25, 0.3) is 5.24 Å². The molecule has 0 aromatic heterocycles. The molecule has 0 bridgehead atoms. The quantitative estimate of drug-likeness (QED) is 0.479. The molecule has 5 heteroatoms. The summed E-state index contributed by atoms with van der Waals surface area (Å²) in [5.74, 6) is 0.171. The molecule has 24 heavy (non-hydrogen) atoms. The van der Waals surface area contributed by atoms with Gasteiger partial charge in [0.15, 0.2) is 0 Å². The summed E-state index contributed by atoms with van der Waals surface area (Å²) < 4.78 is 0. The molecule has 0 spiro atoms. The van der Waals surface area contributed by atoms with Crippen LogP contribution in [0.2, 0.25) is 0 Å². The molecular formula is C19H30N2O2S. The monoisotopic (exact) mass is 350 g/mol. The lowest BCUT2D eigenvalue weighted by atomic mass is 9.97. The van der Waals surface area contributed by atoms with E-state index < -0.39 is 0 Å².